The lowest BCUT2D eigenvalue weighted by molar-refractivity contribution is 0.108. The number of rotatable bonds is 6. The number of aromatic nitrogens is 1. The number of guanidine groups is 1. The van der Waals surface area contributed by atoms with Crippen molar-refractivity contribution in [1.82, 2.24) is 15.4 Å². The molecule has 0 unspecified atom stereocenters. The fraction of sp³-hybridized carbons (Fsp3) is 0.765. The Hall–Kier alpha value is -0.830. The molecule has 1 aliphatic rings. The molecule has 0 bridgehead atoms. The second-order valence-corrected chi connectivity index (χ2v) is 6.12. The van der Waals surface area contributed by atoms with Gasteiger partial charge in [0.05, 0.1) is 11.8 Å². The van der Waals surface area contributed by atoms with Gasteiger partial charge in [0.15, 0.2) is 11.7 Å². The van der Waals surface area contributed by atoms with E-state index in [4.69, 9.17) is 4.52 Å². The highest BCUT2D eigenvalue weighted by Crippen LogP contribution is 2.22. The van der Waals surface area contributed by atoms with E-state index in [2.05, 4.69) is 41.1 Å². The molecule has 0 aromatic carbocycles. The van der Waals surface area contributed by atoms with Crippen molar-refractivity contribution in [2.45, 2.75) is 65.0 Å². The molecule has 1 aliphatic heterocycles. The normalized spacial score (nSPS) is 16.4. The predicted octanol–water partition coefficient (Wildman–Crippen LogP) is 3.12. The van der Waals surface area contributed by atoms with Gasteiger partial charge in [-0.15, -0.1) is 24.0 Å². The summed E-state index contributed by atoms with van der Waals surface area (Å²) in [5.74, 6) is 2.16. The minimum absolute atomic E-state index is 0. The summed E-state index contributed by atoms with van der Waals surface area (Å²) >= 11 is 0. The number of nitrogens with zero attached hydrogens (tertiary/aromatic N) is 3. The van der Waals surface area contributed by atoms with Crippen LogP contribution in [0.1, 0.15) is 63.8 Å². The van der Waals surface area contributed by atoms with E-state index in [1.54, 1.807) is 0 Å². The van der Waals surface area contributed by atoms with Gasteiger partial charge in [0.25, 0.3) is 0 Å². The fourth-order valence-electron chi connectivity index (χ4n) is 2.96. The quantitative estimate of drug-likeness (QED) is 0.396. The van der Waals surface area contributed by atoms with Crippen LogP contribution in [-0.4, -0.2) is 46.9 Å². The smallest absolute Gasteiger partial charge is 0.194 e. The molecule has 0 aliphatic carbocycles. The molecule has 7 heteroatoms. The molecule has 24 heavy (non-hydrogen) atoms. The average Bonchev–Trinajstić information content (AvgIpc) is 3.02. The lowest BCUT2D eigenvalue weighted by atomic mass is 9.99. The van der Waals surface area contributed by atoms with E-state index in [-0.39, 0.29) is 30.1 Å². The Morgan fingerprint density at radius 3 is 2.62 bits per heavy atom. The number of hydrogen-bond acceptors (Lipinski definition) is 4. The van der Waals surface area contributed by atoms with Crippen LogP contribution in [-0.2, 0) is 6.54 Å². The first-order chi connectivity index (χ1) is 11.2. The van der Waals surface area contributed by atoms with Crippen molar-refractivity contribution in [2.75, 3.05) is 19.6 Å². The van der Waals surface area contributed by atoms with Gasteiger partial charge in [-0.25, -0.2) is 4.99 Å². The van der Waals surface area contributed by atoms with E-state index in [9.17, 15) is 5.11 Å². The second kappa shape index (κ2) is 10.9. The van der Waals surface area contributed by atoms with Crippen molar-refractivity contribution in [3.63, 3.8) is 0 Å². The lowest BCUT2D eigenvalue weighted by Gasteiger charge is -2.32. The molecule has 1 aromatic heterocycles. The van der Waals surface area contributed by atoms with E-state index in [1.807, 2.05) is 6.07 Å². The molecule has 1 saturated heterocycles. The zero-order chi connectivity index (χ0) is 16.7. The fourth-order valence-corrected chi connectivity index (χ4v) is 2.96. The summed E-state index contributed by atoms with van der Waals surface area (Å²) in [6.07, 6.45) is 3.57. The van der Waals surface area contributed by atoms with E-state index in [1.165, 1.54) is 0 Å². The summed E-state index contributed by atoms with van der Waals surface area (Å²) < 4.78 is 5.44. The predicted molar refractivity (Wildman–Crippen MR) is 107 cm³/mol. The van der Waals surface area contributed by atoms with Gasteiger partial charge < -0.3 is 19.8 Å². The Morgan fingerprint density at radius 1 is 1.38 bits per heavy atom. The van der Waals surface area contributed by atoms with Crippen LogP contribution in [0.15, 0.2) is 15.6 Å². The zero-order valence-electron chi connectivity index (χ0n) is 15.0. The summed E-state index contributed by atoms with van der Waals surface area (Å²) in [5, 5.41) is 17.2. The second-order valence-electron chi connectivity index (χ2n) is 6.12. The van der Waals surface area contributed by atoms with E-state index >= 15 is 0 Å². The van der Waals surface area contributed by atoms with Crippen molar-refractivity contribution in [2.24, 2.45) is 4.99 Å². The van der Waals surface area contributed by atoms with Crippen molar-refractivity contribution in [3.8, 4) is 0 Å². The third-order valence-electron chi connectivity index (χ3n) is 4.46. The SMILES string of the molecule is CCNC(=NCc1cc(C(CC)CC)no1)N1CCC(O)CC1.I. The lowest BCUT2D eigenvalue weighted by Crippen LogP contribution is -2.46. The maximum absolute atomic E-state index is 9.64. The number of nitrogens with one attached hydrogen (secondary N) is 1. The van der Waals surface area contributed by atoms with E-state index < -0.39 is 0 Å². The molecule has 0 amide bonds. The van der Waals surface area contributed by atoms with Gasteiger partial charge in [0, 0.05) is 31.6 Å². The Balaban J connectivity index is 0.00000288. The highest BCUT2D eigenvalue weighted by molar-refractivity contribution is 14.0. The molecular weight excluding hydrogens is 419 g/mol. The minimum Gasteiger partial charge on any atom is -0.393 e. The largest absolute Gasteiger partial charge is 0.393 e. The topological polar surface area (TPSA) is 73.9 Å². The molecule has 6 nitrogen and oxygen atoms in total. The summed E-state index contributed by atoms with van der Waals surface area (Å²) in [6, 6.07) is 2.03. The maximum Gasteiger partial charge on any atom is 0.194 e. The Labute approximate surface area is 162 Å². The summed E-state index contributed by atoms with van der Waals surface area (Å²) in [5.41, 5.74) is 1.03. The van der Waals surface area contributed by atoms with Crippen LogP contribution < -0.4 is 5.32 Å². The number of hydrogen-bond donors (Lipinski definition) is 2. The Bertz CT molecular complexity index is 495. The molecule has 138 valence electrons. The summed E-state index contributed by atoms with van der Waals surface area (Å²) in [6.45, 7) is 9.41. The van der Waals surface area contributed by atoms with Crippen LogP contribution in [0.2, 0.25) is 0 Å². The highest BCUT2D eigenvalue weighted by atomic mass is 127. The molecule has 0 saturated carbocycles. The van der Waals surface area contributed by atoms with Gasteiger partial charge in [-0.3, -0.25) is 0 Å². The zero-order valence-corrected chi connectivity index (χ0v) is 17.3. The minimum atomic E-state index is -0.175. The van der Waals surface area contributed by atoms with Crippen molar-refractivity contribution < 1.29 is 9.63 Å². The number of aliphatic imine (C=N–C) groups is 1. The van der Waals surface area contributed by atoms with Crippen LogP contribution in [0.4, 0.5) is 0 Å². The van der Waals surface area contributed by atoms with Gasteiger partial charge in [-0.05, 0) is 32.6 Å². The molecule has 2 N–H and O–H groups in total. The molecule has 2 heterocycles. The molecule has 2 rings (SSSR count). The molecule has 0 radical (unpaired) electrons. The highest BCUT2D eigenvalue weighted by Gasteiger charge is 2.20. The third-order valence-corrected chi connectivity index (χ3v) is 4.46. The maximum atomic E-state index is 9.64. The number of aliphatic hydroxyl groups excluding tert-OH is 1. The molecule has 1 aromatic rings. The summed E-state index contributed by atoms with van der Waals surface area (Å²) in [4.78, 5) is 6.88. The third kappa shape index (κ3) is 5.91. The Kier molecular flexibility index (Phi) is 9.65. The first kappa shape index (κ1) is 21.2. The van der Waals surface area contributed by atoms with Gasteiger partial charge in [0.1, 0.15) is 6.54 Å². The molecule has 0 spiro atoms. The first-order valence-corrected chi connectivity index (χ1v) is 8.84. The van der Waals surface area contributed by atoms with Gasteiger partial charge >= 0.3 is 0 Å². The first-order valence-electron chi connectivity index (χ1n) is 8.84. The van der Waals surface area contributed by atoms with Gasteiger partial charge in [0.2, 0.25) is 0 Å². The standard InChI is InChI=1S/C17H30N4O2.HI/c1-4-13(5-2)16-11-15(23-20-16)12-19-17(18-6-3)21-9-7-14(22)8-10-21;/h11,13-14,22H,4-10,12H2,1-3H3,(H,18,19);1H. The van der Waals surface area contributed by atoms with Crippen LogP contribution >= 0.6 is 24.0 Å². The van der Waals surface area contributed by atoms with E-state index in [0.29, 0.717) is 12.5 Å². The van der Waals surface area contributed by atoms with Crippen molar-refractivity contribution in [3.05, 3.63) is 17.5 Å². The van der Waals surface area contributed by atoms with Gasteiger partial charge in [-0.1, -0.05) is 19.0 Å². The van der Waals surface area contributed by atoms with Crippen LogP contribution in [0.3, 0.4) is 0 Å². The molecular formula is C17H31IN4O2. The van der Waals surface area contributed by atoms with Crippen LogP contribution in [0.5, 0.6) is 0 Å². The molecule has 1 fully saturated rings. The van der Waals surface area contributed by atoms with Crippen LogP contribution in [0.25, 0.3) is 0 Å². The number of piperidine rings is 1. The monoisotopic (exact) mass is 450 g/mol. The summed E-state index contributed by atoms with van der Waals surface area (Å²) in [7, 11) is 0. The van der Waals surface area contributed by atoms with Crippen molar-refractivity contribution >= 4 is 29.9 Å². The number of aliphatic hydroxyl groups is 1. The molecule has 0 atom stereocenters. The van der Waals surface area contributed by atoms with Gasteiger partial charge in [-0.2, -0.15) is 0 Å². The van der Waals surface area contributed by atoms with Crippen molar-refractivity contribution in [1.29, 1.82) is 0 Å². The number of likely N-dealkylation sites (tertiary alicyclic amines) is 1. The average molecular weight is 450 g/mol. The van der Waals surface area contributed by atoms with E-state index in [0.717, 1.165) is 62.7 Å². The Morgan fingerprint density at radius 2 is 2.04 bits per heavy atom. The number of halogens is 1. The van der Waals surface area contributed by atoms with Crippen LogP contribution in [0, 0.1) is 0 Å².